The fourth-order valence-electron chi connectivity index (χ4n) is 2.50. The number of nitrogens with one attached hydrogen (secondary N) is 1. The molecule has 0 radical (unpaired) electrons. The van der Waals surface area contributed by atoms with Crippen molar-refractivity contribution >= 4 is 29.6 Å². The molecule has 0 amide bonds. The summed E-state index contributed by atoms with van der Waals surface area (Å²) in [4.78, 5) is 12.4. The molecule has 3 N–H and O–H groups in total. The van der Waals surface area contributed by atoms with E-state index in [1.54, 1.807) is 17.0 Å². The first-order chi connectivity index (χ1) is 13.5. The van der Waals surface area contributed by atoms with Crippen LogP contribution in [0.1, 0.15) is 16.8 Å². The van der Waals surface area contributed by atoms with Crippen LogP contribution in [0.2, 0.25) is 5.02 Å². The smallest absolute Gasteiger partial charge is 0.199 e. The van der Waals surface area contributed by atoms with E-state index in [0.29, 0.717) is 22.8 Å². The number of aryl methyl sites for hydroxylation is 1. The van der Waals surface area contributed by atoms with Gasteiger partial charge in [0.25, 0.3) is 0 Å². The van der Waals surface area contributed by atoms with Crippen molar-refractivity contribution in [2.75, 3.05) is 5.32 Å². The van der Waals surface area contributed by atoms with Crippen molar-refractivity contribution in [3.05, 3.63) is 76.8 Å². The molecule has 3 aromatic rings. The number of hydrogen-bond donors (Lipinski definition) is 2. The summed E-state index contributed by atoms with van der Waals surface area (Å²) in [6, 6.07) is 15.0. The lowest BCUT2D eigenvalue weighted by Gasteiger charge is -2.09. The number of halogens is 1. The van der Waals surface area contributed by atoms with E-state index in [-0.39, 0.29) is 5.96 Å². The van der Waals surface area contributed by atoms with Gasteiger partial charge in [-0.1, -0.05) is 23.7 Å². The van der Waals surface area contributed by atoms with Gasteiger partial charge in [0.15, 0.2) is 5.96 Å². The number of nitrogens with zero attached hydrogens (tertiary/aromatic N) is 5. The Kier molecular flexibility index (Phi) is 6.04. The first-order valence-electron chi connectivity index (χ1n) is 8.43. The van der Waals surface area contributed by atoms with E-state index < -0.39 is 0 Å². The number of aromatic nitrogens is 2. The van der Waals surface area contributed by atoms with E-state index in [9.17, 15) is 5.26 Å². The van der Waals surface area contributed by atoms with Gasteiger partial charge in [-0.3, -0.25) is 4.99 Å². The number of aliphatic imine (C=N–C) groups is 2. The highest BCUT2D eigenvalue weighted by Crippen LogP contribution is 2.19. The Bertz CT molecular complexity index is 1060. The van der Waals surface area contributed by atoms with Gasteiger partial charge < -0.3 is 15.6 Å². The van der Waals surface area contributed by atoms with Crippen LogP contribution < -0.4 is 11.1 Å². The van der Waals surface area contributed by atoms with Gasteiger partial charge in [0.1, 0.15) is 12.4 Å². The quantitative estimate of drug-likeness (QED) is 0.511. The molecule has 0 aliphatic carbocycles. The molecule has 0 aliphatic rings. The molecule has 1 aromatic heterocycles. The Balaban J connectivity index is 1.65. The molecule has 7 nitrogen and oxygen atoms in total. The van der Waals surface area contributed by atoms with Gasteiger partial charge in [-0.25, -0.2) is 9.98 Å². The molecule has 8 heteroatoms. The summed E-state index contributed by atoms with van der Waals surface area (Å²) >= 11 is 5.85. The van der Waals surface area contributed by atoms with Gasteiger partial charge in [0, 0.05) is 16.9 Å². The molecule has 0 saturated carbocycles. The third-order valence-corrected chi connectivity index (χ3v) is 4.10. The van der Waals surface area contributed by atoms with E-state index in [1.807, 2.05) is 49.5 Å². The number of nitrogens with two attached hydrogens (primary N) is 1. The molecule has 28 heavy (non-hydrogen) atoms. The van der Waals surface area contributed by atoms with Gasteiger partial charge >= 0.3 is 0 Å². The first kappa shape index (κ1) is 19.1. The van der Waals surface area contributed by atoms with Crippen molar-refractivity contribution in [3.8, 4) is 11.8 Å². The van der Waals surface area contributed by atoms with E-state index in [4.69, 9.17) is 17.3 Å². The molecule has 2 aromatic carbocycles. The summed E-state index contributed by atoms with van der Waals surface area (Å²) in [6.45, 7) is 2.37. The van der Waals surface area contributed by atoms with Crippen LogP contribution in [0.4, 0.5) is 5.69 Å². The summed E-state index contributed by atoms with van der Waals surface area (Å²) in [7, 11) is 0. The maximum Gasteiger partial charge on any atom is 0.199 e. The van der Waals surface area contributed by atoms with Crippen LogP contribution in [0, 0.1) is 18.3 Å². The zero-order valence-corrected chi connectivity index (χ0v) is 15.9. The SMILES string of the molecule is Cc1cn(-c2ccc(NC(N)=NC=NCc3ccc(Cl)cc3)cc2C#N)cn1. The molecular formula is C20H18ClN7. The third-order valence-electron chi connectivity index (χ3n) is 3.84. The largest absolute Gasteiger partial charge is 0.369 e. The van der Waals surface area contributed by atoms with Crippen LogP contribution in [0.5, 0.6) is 0 Å². The summed E-state index contributed by atoms with van der Waals surface area (Å²) in [5.74, 6) is 0.176. The minimum absolute atomic E-state index is 0.176. The van der Waals surface area contributed by atoms with Crippen LogP contribution in [0.15, 0.2) is 65.0 Å². The van der Waals surface area contributed by atoms with Crippen LogP contribution in [0.25, 0.3) is 5.69 Å². The second kappa shape index (κ2) is 8.84. The van der Waals surface area contributed by atoms with Crippen molar-refractivity contribution in [2.45, 2.75) is 13.5 Å². The summed E-state index contributed by atoms with van der Waals surface area (Å²) in [5, 5.41) is 13.1. The average Bonchev–Trinajstić information content (AvgIpc) is 3.12. The molecule has 3 rings (SSSR count). The average molecular weight is 392 g/mol. The predicted octanol–water partition coefficient (Wildman–Crippen LogP) is 3.66. The maximum absolute atomic E-state index is 9.44. The highest BCUT2D eigenvalue weighted by atomic mass is 35.5. The van der Waals surface area contributed by atoms with Crippen molar-refractivity contribution in [1.82, 2.24) is 9.55 Å². The molecule has 0 atom stereocenters. The van der Waals surface area contributed by atoms with Crippen molar-refractivity contribution in [3.63, 3.8) is 0 Å². The van der Waals surface area contributed by atoms with Crippen LogP contribution >= 0.6 is 11.6 Å². The number of nitriles is 1. The summed E-state index contributed by atoms with van der Waals surface area (Å²) < 4.78 is 1.80. The van der Waals surface area contributed by atoms with Gasteiger partial charge in [0.05, 0.1) is 29.8 Å². The monoisotopic (exact) mass is 391 g/mol. The lowest BCUT2D eigenvalue weighted by atomic mass is 10.1. The second-order valence-electron chi connectivity index (χ2n) is 5.99. The topological polar surface area (TPSA) is 104 Å². The predicted molar refractivity (Wildman–Crippen MR) is 112 cm³/mol. The summed E-state index contributed by atoms with van der Waals surface area (Å²) in [5.41, 5.74) is 9.67. The fraction of sp³-hybridized carbons (Fsp3) is 0.100. The molecule has 0 bridgehead atoms. The molecule has 1 heterocycles. The Labute approximate surface area is 167 Å². The van der Waals surface area contributed by atoms with Crippen LogP contribution in [-0.4, -0.2) is 21.8 Å². The van der Waals surface area contributed by atoms with E-state index in [2.05, 4.69) is 26.4 Å². The molecule has 140 valence electrons. The van der Waals surface area contributed by atoms with Gasteiger partial charge in [-0.2, -0.15) is 5.26 Å². The number of anilines is 1. The van der Waals surface area contributed by atoms with Gasteiger partial charge in [-0.15, -0.1) is 0 Å². The lowest BCUT2D eigenvalue weighted by molar-refractivity contribution is 1.05. The van der Waals surface area contributed by atoms with Crippen LogP contribution in [0.3, 0.4) is 0 Å². The van der Waals surface area contributed by atoms with E-state index in [0.717, 1.165) is 16.9 Å². The van der Waals surface area contributed by atoms with Gasteiger partial charge in [-0.05, 0) is 42.8 Å². The highest BCUT2D eigenvalue weighted by molar-refractivity contribution is 6.30. The Morgan fingerprint density at radius 2 is 2.11 bits per heavy atom. The number of rotatable bonds is 5. The standard InChI is InChI=1S/C20H18ClN7/c1-14-11-28(13-26-14)19-7-6-18(8-16(19)9-22)27-20(23)25-12-24-10-15-2-4-17(21)5-3-15/h2-8,11-13H,10H2,1H3,(H3,23,24,25,27). The molecule has 0 unspecified atom stereocenters. The normalized spacial score (nSPS) is 11.5. The Morgan fingerprint density at radius 3 is 2.79 bits per heavy atom. The molecule has 0 fully saturated rings. The Hall–Kier alpha value is -3.63. The molecule has 0 saturated heterocycles. The number of guanidine groups is 1. The van der Waals surface area contributed by atoms with E-state index in [1.165, 1.54) is 6.34 Å². The third kappa shape index (κ3) is 4.96. The fourth-order valence-corrected chi connectivity index (χ4v) is 2.63. The van der Waals surface area contributed by atoms with Crippen LogP contribution in [-0.2, 0) is 6.54 Å². The minimum Gasteiger partial charge on any atom is -0.369 e. The number of hydrogen-bond acceptors (Lipinski definition) is 3. The molecule has 0 spiro atoms. The number of imidazole rings is 1. The second-order valence-corrected chi connectivity index (χ2v) is 6.42. The highest BCUT2D eigenvalue weighted by Gasteiger charge is 2.07. The van der Waals surface area contributed by atoms with Crippen molar-refractivity contribution in [2.24, 2.45) is 15.7 Å². The maximum atomic E-state index is 9.44. The number of benzene rings is 2. The molecule has 0 aliphatic heterocycles. The first-order valence-corrected chi connectivity index (χ1v) is 8.81. The summed E-state index contributed by atoms with van der Waals surface area (Å²) in [6.07, 6.45) is 4.92. The lowest BCUT2D eigenvalue weighted by Crippen LogP contribution is -2.22. The zero-order valence-electron chi connectivity index (χ0n) is 15.2. The Morgan fingerprint density at radius 1 is 1.32 bits per heavy atom. The van der Waals surface area contributed by atoms with Gasteiger partial charge in [0.2, 0.25) is 0 Å². The van der Waals surface area contributed by atoms with Crippen molar-refractivity contribution < 1.29 is 0 Å². The van der Waals surface area contributed by atoms with E-state index >= 15 is 0 Å². The molecular weight excluding hydrogens is 374 g/mol. The zero-order chi connectivity index (χ0) is 19.9. The minimum atomic E-state index is 0.176. The van der Waals surface area contributed by atoms with Crippen molar-refractivity contribution in [1.29, 1.82) is 5.26 Å².